The van der Waals surface area contributed by atoms with Crippen molar-refractivity contribution in [1.29, 1.82) is 0 Å². The van der Waals surface area contributed by atoms with Crippen LogP contribution in [0.4, 0.5) is 5.69 Å². The number of benzene rings is 1. The Hall–Kier alpha value is -1.51. The van der Waals surface area contributed by atoms with Crippen molar-refractivity contribution in [1.82, 2.24) is 4.31 Å². The smallest absolute Gasteiger partial charge is 0.270 e. The van der Waals surface area contributed by atoms with Crippen molar-refractivity contribution in [2.45, 2.75) is 24.2 Å². The Balaban J connectivity index is 2.82. The zero-order valence-electron chi connectivity index (χ0n) is 11.2. The summed E-state index contributed by atoms with van der Waals surface area (Å²) in [4.78, 5) is 9.96. The van der Waals surface area contributed by atoms with E-state index in [1.165, 1.54) is 29.6 Å². The SMILES string of the molecule is CN(CCCCCO)S(=O)(=O)c1cccc([N+](=O)[O-])c1. The number of unbranched alkanes of at least 4 members (excludes halogenated alkanes) is 2. The molecule has 1 aromatic carbocycles. The molecule has 0 fully saturated rings. The lowest BCUT2D eigenvalue weighted by Crippen LogP contribution is -2.28. The molecular weight excluding hydrogens is 284 g/mol. The van der Waals surface area contributed by atoms with Crippen LogP contribution in [0.1, 0.15) is 19.3 Å². The van der Waals surface area contributed by atoms with Crippen molar-refractivity contribution in [3.63, 3.8) is 0 Å². The number of sulfonamides is 1. The second-order valence-electron chi connectivity index (χ2n) is 4.37. The van der Waals surface area contributed by atoms with Gasteiger partial charge in [-0.25, -0.2) is 12.7 Å². The molecule has 1 rings (SSSR count). The summed E-state index contributed by atoms with van der Waals surface area (Å²) < 4.78 is 25.6. The number of hydrogen-bond donors (Lipinski definition) is 1. The third kappa shape index (κ3) is 4.26. The second-order valence-corrected chi connectivity index (χ2v) is 6.41. The van der Waals surface area contributed by atoms with Gasteiger partial charge in [-0.1, -0.05) is 6.07 Å². The standard InChI is InChI=1S/C12H18N2O5S/c1-13(8-3-2-4-9-15)20(18,19)12-7-5-6-11(10-12)14(16)17/h5-7,10,15H,2-4,8-9H2,1H3. The summed E-state index contributed by atoms with van der Waals surface area (Å²) in [5, 5.41) is 19.3. The average molecular weight is 302 g/mol. The van der Waals surface area contributed by atoms with E-state index in [0.29, 0.717) is 19.4 Å². The van der Waals surface area contributed by atoms with Gasteiger partial charge in [0, 0.05) is 32.3 Å². The number of hydrogen-bond acceptors (Lipinski definition) is 5. The van der Waals surface area contributed by atoms with Gasteiger partial charge in [0.2, 0.25) is 10.0 Å². The van der Waals surface area contributed by atoms with E-state index < -0.39 is 14.9 Å². The first kappa shape index (κ1) is 16.5. The van der Waals surface area contributed by atoms with E-state index in [1.807, 2.05) is 0 Å². The molecular formula is C12H18N2O5S. The molecule has 7 nitrogen and oxygen atoms in total. The largest absolute Gasteiger partial charge is 0.396 e. The Morgan fingerprint density at radius 3 is 2.60 bits per heavy atom. The van der Waals surface area contributed by atoms with E-state index in [9.17, 15) is 18.5 Å². The van der Waals surface area contributed by atoms with Gasteiger partial charge in [0.25, 0.3) is 5.69 Å². The number of nitro benzene ring substituents is 1. The lowest BCUT2D eigenvalue weighted by molar-refractivity contribution is -0.385. The maximum absolute atomic E-state index is 12.2. The predicted octanol–water partition coefficient (Wildman–Crippen LogP) is 1.38. The summed E-state index contributed by atoms with van der Waals surface area (Å²) in [5.41, 5.74) is -0.250. The summed E-state index contributed by atoms with van der Waals surface area (Å²) >= 11 is 0. The van der Waals surface area contributed by atoms with Gasteiger partial charge in [0.15, 0.2) is 0 Å². The van der Waals surface area contributed by atoms with Gasteiger partial charge in [-0.3, -0.25) is 10.1 Å². The van der Waals surface area contributed by atoms with Crippen molar-refractivity contribution in [2.24, 2.45) is 0 Å². The highest BCUT2D eigenvalue weighted by atomic mass is 32.2. The van der Waals surface area contributed by atoms with Crippen LogP contribution in [0.15, 0.2) is 29.2 Å². The van der Waals surface area contributed by atoms with Crippen LogP contribution < -0.4 is 0 Å². The van der Waals surface area contributed by atoms with Gasteiger partial charge in [-0.15, -0.1) is 0 Å². The van der Waals surface area contributed by atoms with Gasteiger partial charge < -0.3 is 5.11 Å². The van der Waals surface area contributed by atoms with Gasteiger partial charge in [0.1, 0.15) is 0 Å². The van der Waals surface area contributed by atoms with Crippen molar-refractivity contribution in [2.75, 3.05) is 20.2 Å². The number of aliphatic hydroxyl groups is 1. The molecule has 0 radical (unpaired) electrons. The maximum Gasteiger partial charge on any atom is 0.270 e. The number of rotatable bonds is 8. The van der Waals surface area contributed by atoms with Crippen LogP contribution in [0, 0.1) is 10.1 Å². The van der Waals surface area contributed by atoms with Crippen LogP contribution in [-0.2, 0) is 10.0 Å². The fraction of sp³-hybridized carbons (Fsp3) is 0.500. The van der Waals surface area contributed by atoms with Crippen LogP contribution in [0.25, 0.3) is 0 Å². The van der Waals surface area contributed by atoms with Crippen LogP contribution >= 0.6 is 0 Å². The molecule has 0 aliphatic heterocycles. The highest BCUT2D eigenvalue weighted by Crippen LogP contribution is 2.20. The molecule has 0 atom stereocenters. The molecule has 8 heteroatoms. The minimum absolute atomic E-state index is 0.0847. The number of nitro groups is 1. The van der Waals surface area contributed by atoms with Gasteiger partial charge >= 0.3 is 0 Å². The van der Waals surface area contributed by atoms with E-state index in [-0.39, 0.29) is 17.2 Å². The summed E-state index contributed by atoms with van der Waals surface area (Å²) in [6.07, 6.45) is 1.99. The molecule has 1 N–H and O–H groups in total. The third-order valence-electron chi connectivity index (χ3n) is 2.87. The second kappa shape index (κ2) is 7.32. The highest BCUT2D eigenvalue weighted by molar-refractivity contribution is 7.89. The average Bonchev–Trinajstić information content (AvgIpc) is 2.43. The Bertz CT molecular complexity index is 559. The molecule has 0 saturated heterocycles. The fourth-order valence-electron chi connectivity index (χ4n) is 1.68. The topological polar surface area (TPSA) is 101 Å². The van der Waals surface area contributed by atoms with Crippen molar-refractivity contribution in [3.05, 3.63) is 34.4 Å². The summed E-state index contributed by atoms with van der Waals surface area (Å²) in [6, 6.07) is 5.00. The molecule has 0 saturated carbocycles. The molecule has 0 aliphatic rings. The molecule has 0 aromatic heterocycles. The Morgan fingerprint density at radius 2 is 2.00 bits per heavy atom. The minimum Gasteiger partial charge on any atom is -0.396 e. The van der Waals surface area contributed by atoms with Crippen molar-refractivity contribution < 1.29 is 18.4 Å². The van der Waals surface area contributed by atoms with E-state index in [1.54, 1.807) is 0 Å². The number of non-ortho nitro benzene ring substituents is 1. The zero-order valence-corrected chi connectivity index (χ0v) is 12.0. The lowest BCUT2D eigenvalue weighted by atomic mass is 10.2. The Kier molecular flexibility index (Phi) is 6.05. The molecule has 20 heavy (non-hydrogen) atoms. The quantitative estimate of drug-likeness (QED) is 0.444. The first-order valence-electron chi connectivity index (χ1n) is 6.21. The summed E-state index contributed by atoms with van der Waals surface area (Å²) in [5.74, 6) is 0. The zero-order chi connectivity index (χ0) is 15.2. The molecule has 0 bridgehead atoms. The van der Waals surface area contributed by atoms with Gasteiger partial charge in [0.05, 0.1) is 9.82 Å². The van der Waals surface area contributed by atoms with Crippen LogP contribution in [-0.4, -0.2) is 43.0 Å². The molecule has 0 heterocycles. The van der Waals surface area contributed by atoms with E-state index >= 15 is 0 Å². The summed E-state index contributed by atoms with van der Waals surface area (Å²) in [6.45, 7) is 0.395. The Morgan fingerprint density at radius 1 is 1.30 bits per heavy atom. The summed E-state index contributed by atoms with van der Waals surface area (Å²) in [7, 11) is -2.28. The lowest BCUT2D eigenvalue weighted by Gasteiger charge is -2.16. The molecule has 0 amide bonds. The minimum atomic E-state index is -3.72. The molecule has 0 aliphatic carbocycles. The number of nitrogens with zero attached hydrogens (tertiary/aromatic N) is 2. The van der Waals surface area contributed by atoms with Crippen LogP contribution in [0.3, 0.4) is 0 Å². The monoisotopic (exact) mass is 302 g/mol. The van der Waals surface area contributed by atoms with Crippen molar-refractivity contribution >= 4 is 15.7 Å². The number of aliphatic hydroxyl groups excluding tert-OH is 1. The highest BCUT2D eigenvalue weighted by Gasteiger charge is 2.22. The van der Waals surface area contributed by atoms with Gasteiger partial charge in [-0.2, -0.15) is 0 Å². The van der Waals surface area contributed by atoms with Crippen LogP contribution in [0.5, 0.6) is 0 Å². The van der Waals surface area contributed by atoms with Crippen molar-refractivity contribution in [3.8, 4) is 0 Å². The molecule has 1 aromatic rings. The van der Waals surface area contributed by atoms with Gasteiger partial charge in [-0.05, 0) is 25.3 Å². The fourth-order valence-corrected chi connectivity index (χ4v) is 2.93. The third-order valence-corrected chi connectivity index (χ3v) is 4.72. The first-order valence-corrected chi connectivity index (χ1v) is 7.65. The van der Waals surface area contributed by atoms with E-state index in [0.717, 1.165) is 12.5 Å². The molecule has 0 spiro atoms. The predicted molar refractivity (Wildman–Crippen MR) is 73.8 cm³/mol. The molecule has 112 valence electrons. The maximum atomic E-state index is 12.2. The molecule has 0 unspecified atom stereocenters. The first-order chi connectivity index (χ1) is 9.39. The van der Waals surface area contributed by atoms with E-state index in [4.69, 9.17) is 5.11 Å². The van der Waals surface area contributed by atoms with Crippen LogP contribution in [0.2, 0.25) is 0 Å². The Labute approximate surface area is 118 Å². The van der Waals surface area contributed by atoms with E-state index in [2.05, 4.69) is 0 Å². The normalized spacial score (nSPS) is 11.8.